The van der Waals surface area contributed by atoms with E-state index in [-0.39, 0.29) is 0 Å². The van der Waals surface area contributed by atoms with Crippen molar-refractivity contribution in [1.82, 2.24) is 9.97 Å². The van der Waals surface area contributed by atoms with E-state index in [0.29, 0.717) is 16.8 Å². The quantitative estimate of drug-likeness (QED) is 0.433. The molecule has 0 aliphatic rings. The van der Waals surface area contributed by atoms with Crippen molar-refractivity contribution < 1.29 is 0 Å². The highest BCUT2D eigenvalue weighted by molar-refractivity contribution is 7.99. The summed E-state index contributed by atoms with van der Waals surface area (Å²) in [5, 5.41) is 0.621. The molecular formula is C8H12N4S. The van der Waals surface area contributed by atoms with Crippen molar-refractivity contribution in [2.24, 2.45) is 0 Å². The lowest BCUT2D eigenvalue weighted by Gasteiger charge is -1.99. The Kier molecular flexibility index (Phi) is 3.57. The van der Waals surface area contributed by atoms with Crippen LogP contribution in [0.2, 0.25) is 0 Å². The van der Waals surface area contributed by atoms with Crippen LogP contribution >= 0.6 is 11.8 Å². The molecule has 0 atom stereocenters. The second-order valence-electron chi connectivity index (χ2n) is 2.38. The molecule has 0 aliphatic heterocycles. The van der Waals surface area contributed by atoms with E-state index in [1.165, 1.54) is 11.8 Å². The molecule has 0 amide bonds. The van der Waals surface area contributed by atoms with Crippen LogP contribution in [0.5, 0.6) is 0 Å². The summed E-state index contributed by atoms with van der Waals surface area (Å²) >= 11 is 1.50. The molecule has 0 fully saturated rings. The van der Waals surface area contributed by atoms with Crippen LogP contribution in [0, 0.1) is 0 Å². The van der Waals surface area contributed by atoms with Gasteiger partial charge < -0.3 is 11.5 Å². The van der Waals surface area contributed by atoms with Gasteiger partial charge in [0.1, 0.15) is 11.6 Å². The number of rotatable bonds is 3. The van der Waals surface area contributed by atoms with Gasteiger partial charge in [-0.1, -0.05) is 23.9 Å². The standard InChI is InChI=1S/C8H12N4S/c1-2-3-4-13-8-11-6(9)5-7(10)12-8/h2-3,5H,4H2,1H3,(H4,9,10,11,12)/b3-2+. The van der Waals surface area contributed by atoms with E-state index < -0.39 is 0 Å². The molecule has 1 heterocycles. The molecule has 0 saturated carbocycles. The predicted octanol–water partition coefficient (Wildman–Crippen LogP) is 1.31. The van der Waals surface area contributed by atoms with E-state index in [1.54, 1.807) is 6.07 Å². The first-order chi connectivity index (χ1) is 6.22. The maximum absolute atomic E-state index is 5.50. The Balaban J connectivity index is 2.66. The van der Waals surface area contributed by atoms with Crippen molar-refractivity contribution in [1.29, 1.82) is 0 Å². The smallest absolute Gasteiger partial charge is 0.191 e. The van der Waals surface area contributed by atoms with Gasteiger partial charge in [-0.15, -0.1) is 0 Å². The van der Waals surface area contributed by atoms with Crippen LogP contribution in [-0.4, -0.2) is 15.7 Å². The van der Waals surface area contributed by atoms with Crippen LogP contribution in [0.4, 0.5) is 11.6 Å². The largest absolute Gasteiger partial charge is 0.383 e. The maximum atomic E-state index is 5.50. The second kappa shape index (κ2) is 4.71. The molecule has 0 bridgehead atoms. The van der Waals surface area contributed by atoms with Crippen LogP contribution in [0.15, 0.2) is 23.4 Å². The molecule has 0 aromatic carbocycles. The summed E-state index contributed by atoms with van der Waals surface area (Å²) in [6.45, 7) is 1.97. The number of allylic oxidation sites excluding steroid dienone is 1. The summed E-state index contributed by atoms with van der Waals surface area (Å²) in [4.78, 5) is 8.04. The molecule has 0 aliphatic carbocycles. The highest BCUT2D eigenvalue weighted by atomic mass is 32.2. The summed E-state index contributed by atoms with van der Waals surface area (Å²) < 4.78 is 0. The Hall–Kier alpha value is -1.23. The van der Waals surface area contributed by atoms with Gasteiger partial charge >= 0.3 is 0 Å². The molecule has 1 aromatic heterocycles. The number of hydrogen-bond acceptors (Lipinski definition) is 5. The lowest BCUT2D eigenvalue weighted by molar-refractivity contribution is 0.987. The predicted molar refractivity (Wildman–Crippen MR) is 56.4 cm³/mol. The van der Waals surface area contributed by atoms with Crippen molar-refractivity contribution in [3.8, 4) is 0 Å². The van der Waals surface area contributed by atoms with Crippen molar-refractivity contribution in [3.63, 3.8) is 0 Å². The van der Waals surface area contributed by atoms with Gasteiger partial charge in [0.2, 0.25) is 0 Å². The Bertz CT molecular complexity index is 291. The maximum Gasteiger partial charge on any atom is 0.191 e. The lowest BCUT2D eigenvalue weighted by Crippen LogP contribution is -1.99. The monoisotopic (exact) mass is 196 g/mol. The van der Waals surface area contributed by atoms with Gasteiger partial charge in [-0.3, -0.25) is 0 Å². The third-order valence-electron chi connectivity index (χ3n) is 1.29. The molecule has 0 unspecified atom stereocenters. The fourth-order valence-corrected chi connectivity index (χ4v) is 1.52. The highest BCUT2D eigenvalue weighted by Crippen LogP contribution is 2.15. The molecular weight excluding hydrogens is 184 g/mol. The molecule has 4 N–H and O–H groups in total. The molecule has 70 valence electrons. The average molecular weight is 196 g/mol. The molecule has 0 radical (unpaired) electrons. The Labute approximate surface area is 81.4 Å². The first-order valence-corrected chi connectivity index (χ1v) is 4.85. The van der Waals surface area contributed by atoms with Gasteiger partial charge in [-0.2, -0.15) is 0 Å². The van der Waals surface area contributed by atoms with E-state index in [9.17, 15) is 0 Å². The van der Waals surface area contributed by atoms with Crippen molar-refractivity contribution in [2.75, 3.05) is 17.2 Å². The third kappa shape index (κ3) is 3.33. The topological polar surface area (TPSA) is 77.8 Å². The van der Waals surface area contributed by atoms with Gasteiger partial charge in [0, 0.05) is 11.8 Å². The number of aromatic nitrogens is 2. The summed E-state index contributed by atoms with van der Waals surface area (Å²) in [6.07, 6.45) is 4.00. The van der Waals surface area contributed by atoms with E-state index in [0.717, 1.165) is 5.75 Å². The molecule has 1 rings (SSSR count). The van der Waals surface area contributed by atoms with Crippen molar-refractivity contribution in [3.05, 3.63) is 18.2 Å². The fourth-order valence-electron chi connectivity index (χ4n) is 0.745. The zero-order chi connectivity index (χ0) is 9.68. The highest BCUT2D eigenvalue weighted by Gasteiger charge is 1.98. The molecule has 0 saturated heterocycles. The summed E-state index contributed by atoms with van der Waals surface area (Å²) in [5.41, 5.74) is 11.0. The first-order valence-electron chi connectivity index (χ1n) is 3.86. The number of nitrogens with two attached hydrogens (primary N) is 2. The second-order valence-corrected chi connectivity index (χ2v) is 3.37. The van der Waals surface area contributed by atoms with Gasteiger partial charge in [0.15, 0.2) is 5.16 Å². The van der Waals surface area contributed by atoms with Crippen molar-refractivity contribution >= 4 is 23.4 Å². The van der Waals surface area contributed by atoms with Crippen LogP contribution in [0.25, 0.3) is 0 Å². The third-order valence-corrected chi connectivity index (χ3v) is 2.09. The number of thioether (sulfide) groups is 1. The van der Waals surface area contributed by atoms with E-state index in [1.807, 2.05) is 19.1 Å². The SMILES string of the molecule is C/C=C/CSc1nc(N)cc(N)n1. The normalized spacial score (nSPS) is 10.8. The molecule has 0 spiro atoms. The van der Waals surface area contributed by atoms with Crippen molar-refractivity contribution in [2.45, 2.75) is 12.1 Å². The van der Waals surface area contributed by atoms with E-state index in [4.69, 9.17) is 11.5 Å². The molecule has 5 heteroatoms. The minimum Gasteiger partial charge on any atom is -0.383 e. The Morgan fingerprint density at radius 3 is 2.54 bits per heavy atom. The first kappa shape index (κ1) is 9.85. The van der Waals surface area contributed by atoms with Gasteiger partial charge in [-0.25, -0.2) is 9.97 Å². The van der Waals surface area contributed by atoms with E-state index in [2.05, 4.69) is 9.97 Å². The zero-order valence-corrected chi connectivity index (χ0v) is 8.21. The summed E-state index contributed by atoms with van der Waals surface area (Å²) in [5.74, 6) is 1.66. The van der Waals surface area contributed by atoms with Crippen LogP contribution in [0.3, 0.4) is 0 Å². The lowest BCUT2D eigenvalue weighted by atomic mass is 10.5. The van der Waals surface area contributed by atoms with Gasteiger partial charge in [0.05, 0.1) is 0 Å². The van der Waals surface area contributed by atoms with Crippen LogP contribution in [0.1, 0.15) is 6.92 Å². The average Bonchev–Trinajstić information content (AvgIpc) is 2.03. The summed E-state index contributed by atoms with van der Waals surface area (Å²) in [6, 6.07) is 1.54. The van der Waals surface area contributed by atoms with Gasteiger partial charge in [0.25, 0.3) is 0 Å². The molecule has 4 nitrogen and oxygen atoms in total. The minimum absolute atomic E-state index is 0.412. The Morgan fingerprint density at radius 1 is 1.38 bits per heavy atom. The Morgan fingerprint density at radius 2 is 2.00 bits per heavy atom. The van der Waals surface area contributed by atoms with E-state index >= 15 is 0 Å². The number of anilines is 2. The van der Waals surface area contributed by atoms with Gasteiger partial charge in [-0.05, 0) is 6.92 Å². The fraction of sp³-hybridized carbons (Fsp3) is 0.250. The minimum atomic E-state index is 0.412. The zero-order valence-electron chi connectivity index (χ0n) is 7.40. The summed E-state index contributed by atoms with van der Waals surface area (Å²) in [7, 11) is 0. The van der Waals surface area contributed by atoms with Crippen LogP contribution in [-0.2, 0) is 0 Å². The number of hydrogen-bond donors (Lipinski definition) is 2. The number of nitrogens with zero attached hydrogens (tertiary/aromatic N) is 2. The number of nitrogen functional groups attached to an aromatic ring is 2. The molecule has 13 heavy (non-hydrogen) atoms. The van der Waals surface area contributed by atoms with Crippen LogP contribution < -0.4 is 11.5 Å². The molecule has 1 aromatic rings.